The van der Waals surface area contributed by atoms with E-state index in [1.807, 2.05) is 61.5 Å². The van der Waals surface area contributed by atoms with Gasteiger partial charge in [-0.1, -0.05) is 54.1 Å². The van der Waals surface area contributed by atoms with Crippen LogP contribution in [0.25, 0.3) is 11.5 Å². The molecular formula is C21H21ClN2O2. The largest absolute Gasteiger partial charge is 0.441 e. The second-order valence-electron chi connectivity index (χ2n) is 6.86. The van der Waals surface area contributed by atoms with Crippen LogP contribution in [0.4, 0.5) is 0 Å². The van der Waals surface area contributed by atoms with Crippen LogP contribution in [-0.2, 0) is 12.1 Å². The van der Waals surface area contributed by atoms with Gasteiger partial charge in [0.25, 0.3) is 0 Å². The lowest BCUT2D eigenvalue weighted by Gasteiger charge is -2.23. The molecule has 26 heavy (non-hydrogen) atoms. The molecular weight excluding hydrogens is 348 g/mol. The van der Waals surface area contributed by atoms with Gasteiger partial charge in [0.1, 0.15) is 11.4 Å². The molecule has 1 N–H and O–H groups in total. The van der Waals surface area contributed by atoms with E-state index in [9.17, 15) is 5.11 Å². The maximum absolute atomic E-state index is 11.0. The van der Waals surface area contributed by atoms with Crippen molar-refractivity contribution in [1.82, 2.24) is 9.88 Å². The Kier molecular flexibility index (Phi) is 4.57. The Morgan fingerprint density at radius 1 is 1.15 bits per heavy atom. The average molecular weight is 369 g/mol. The van der Waals surface area contributed by atoms with Crippen LogP contribution in [0, 0.1) is 6.92 Å². The number of halogens is 1. The molecule has 1 aliphatic heterocycles. The number of aliphatic hydroxyl groups is 1. The van der Waals surface area contributed by atoms with Gasteiger partial charge in [-0.05, 0) is 31.0 Å². The van der Waals surface area contributed by atoms with Crippen molar-refractivity contribution in [3.8, 4) is 11.5 Å². The lowest BCUT2D eigenvalue weighted by molar-refractivity contribution is 0.0451. The van der Waals surface area contributed by atoms with Crippen LogP contribution in [0.5, 0.6) is 0 Å². The molecule has 1 aromatic heterocycles. The van der Waals surface area contributed by atoms with Crippen LogP contribution in [0.2, 0.25) is 5.02 Å². The second kappa shape index (κ2) is 6.88. The number of hydrogen-bond donors (Lipinski definition) is 1. The molecule has 2 heterocycles. The molecule has 0 aliphatic carbocycles. The Labute approximate surface area is 158 Å². The van der Waals surface area contributed by atoms with Gasteiger partial charge in [0.2, 0.25) is 5.89 Å². The summed E-state index contributed by atoms with van der Waals surface area (Å²) in [6.45, 7) is 3.97. The van der Waals surface area contributed by atoms with Gasteiger partial charge in [-0.15, -0.1) is 0 Å². The minimum Gasteiger partial charge on any atom is -0.441 e. The van der Waals surface area contributed by atoms with Crippen molar-refractivity contribution in [2.24, 2.45) is 0 Å². The third-order valence-corrected chi connectivity index (χ3v) is 5.34. The molecule has 2 aromatic carbocycles. The highest BCUT2D eigenvalue weighted by Crippen LogP contribution is 2.34. The van der Waals surface area contributed by atoms with Gasteiger partial charge < -0.3 is 9.52 Å². The Hall–Kier alpha value is -2.14. The smallest absolute Gasteiger partial charge is 0.228 e. The second-order valence-corrected chi connectivity index (χ2v) is 7.27. The molecule has 4 rings (SSSR count). The maximum atomic E-state index is 11.0. The van der Waals surface area contributed by atoms with Gasteiger partial charge in [-0.25, -0.2) is 4.98 Å². The summed E-state index contributed by atoms with van der Waals surface area (Å²) in [7, 11) is 0. The Balaban J connectivity index is 1.52. The first-order valence-corrected chi connectivity index (χ1v) is 9.14. The van der Waals surface area contributed by atoms with Crippen molar-refractivity contribution in [3.05, 3.63) is 76.6 Å². The van der Waals surface area contributed by atoms with Crippen LogP contribution in [-0.4, -0.2) is 28.1 Å². The summed E-state index contributed by atoms with van der Waals surface area (Å²) >= 11 is 6.25. The Morgan fingerprint density at radius 2 is 1.88 bits per heavy atom. The van der Waals surface area contributed by atoms with Crippen LogP contribution in [0.15, 0.2) is 59.0 Å². The van der Waals surface area contributed by atoms with E-state index in [1.54, 1.807) is 0 Å². The third kappa shape index (κ3) is 3.28. The highest BCUT2D eigenvalue weighted by Gasteiger charge is 2.37. The summed E-state index contributed by atoms with van der Waals surface area (Å²) in [4.78, 5) is 6.87. The van der Waals surface area contributed by atoms with Crippen molar-refractivity contribution < 1.29 is 9.52 Å². The number of nitrogens with zero attached hydrogens (tertiary/aromatic N) is 2. The quantitative estimate of drug-likeness (QED) is 0.741. The molecule has 5 heteroatoms. The molecule has 1 atom stereocenters. The van der Waals surface area contributed by atoms with Gasteiger partial charge >= 0.3 is 0 Å². The molecule has 0 amide bonds. The Morgan fingerprint density at radius 3 is 2.65 bits per heavy atom. The lowest BCUT2D eigenvalue weighted by atomic mass is 9.93. The van der Waals surface area contributed by atoms with E-state index >= 15 is 0 Å². The van der Waals surface area contributed by atoms with Crippen molar-refractivity contribution in [3.63, 3.8) is 0 Å². The number of β-amino-alcohol motifs (C(OH)–C–C–N with tert-alkyl or cyclic N) is 1. The van der Waals surface area contributed by atoms with E-state index in [1.165, 1.54) is 0 Å². The number of benzene rings is 2. The van der Waals surface area contributed by atoms with Crippen molar-refractivity contribution in [2.75, 3.05) is 13.1 Å². The fourth-order valence-electron chi connectivity index (χ4n) is 3.53. The van der Waals surface area contributed by atoms with Crippen molar-refractivity contribution >= 4 is 11.6 Å². The first-order chi connectivity index (χ1) is 12.5. The van der Waals surface area contributed by atoms with Crippen LogP contribution >= 0.6 is 11.6 Å². The fraction of sp³-hybridized carbons (Fsp3) is 0.286. The minimum absolute atomic E-state index is 0.542. The van der Waals surface area contributed by atoms with E-state index in [-0.39, 0.29) is 0 Å². The SMILES string of the molecule is Cc1oc(-c2ccccc2Cl)nc1CN1CCC(O)(c2ccccc2)C1. The summed E-state index contributed by atoms with van der Waals surface area (Å²) in [5.74, 6) is 1.33. The maximum Gasteiger partial charge on any atom is 0.228 e. The number of hydrogen-bond acceptors (Lipinski definition) is 4. The van der Waals surface area contributed by atoms with Gasteiger partial charge in [0.05, 0.1) is 16.3 Å². The Bertz CT molecular complexity index is 909. The van der Waals surface area contributed by atoms with Crippen LogP contribution < -0.4 is 0 Å². The van der Waals surface area contributed by atoms with Crippen molar-refractivity contribution in [1.29, 1.82) is 0 Å². The summed E-state index contributed by atoms with van der Waals surface area (Å²) < 4.78 is 5.84. The molecule has 0 bridgehead atoms. The zero-order chi connectivity index (χ0) is 18.1. The minimum atomic E-state index is -0.801. The molecule has 3 aromatic rings. The first kappa shape index (κ1) is 17.3. The molecule has 1 aliphatic rings. The predicted octanol–water partition coefficient (Wildman–Crippen LogP) is 4.40. The molecule has 0 radical (unpaired) electrons. The van der Waals surface area contributed by atoms with E-state index in [2.05, 4.69) is 9.88 Å². The van der Waals surface area contributed by atoms with Crippen LogP contribution in [0.3, 0.4) is 0 Å². The number of aryl methyl sites for hydroxylation is 1. The van der Waals surface area contributed by atoms with Crippen LogP contribution in [0.1, 0.15) is 23.4 Å². The van der Waals surface area contributed by atoms with Gasteiger partial charge in [0, 0.05) is 19.6 Å². The summed E-state index contributed by atoms with van der Waals surface area (Å²) in [5.41, 5.74) is 1.85. The van der Waals surface area contributed by atoms with E-state index < -0.39 is 5.60 Å². The number of aromatic nitrogens is 1. The number of likely N-dealkylation sites (tertiary alicyclic amines) is 1. The highest BCUT2D eigenvalue weighted by molar-refractivity contribution is 6.33. The summed E-state index contributed by atoms with van der Waals surface area (Å²) in [6, 6.07) is 17.4. The van der Waals surface area contributed by atoms with Gasteiger partial charge in [-0.3, -0.25) is 4.90 Å². The molecule has 134 valence electrons. The van der Waals surface area contributed by atoms with Gasteiger partial charge in [0.15, 0.2) is 0 Å². The fourth-order valence-corrected chi connectivity index (χ4v) is 3.74. The zero-order valence-electron chi connectivity index (χ0n) is 14.7. The predicted molar refractivity (Wildman–Crippen MR) is 102 cm³/mol. The molecule has 1 saturated heterocycles. The topological polar surface area (TPSA) is 49.5 Å². The average Bonchev–Trinajstić information content (AvgIpc) is 3.20. The van der Waals surface area contributed by atoms with Gasteiger partial charge in [-0.2, -0.15) is 0 Å². The number of rotatable bonds is 4. The molecule has 4 nitrogen and oxygen atoms in total. The molecule has 1 fully saturated rings. The van der Waals surface area contributed by atoms with E-state index in [0.717, 1.165) is 29.1 Å². The molecule has 1 unspecified atom stereocenters. The summed E-state index contributed by atoms with van der Waals surface area (Å²) in [6.07, 6.45) is 0.714. The standard InChI is InChI=1S/C21H21ClN2O2/c1-15-19(23-20(26-15)17-9-5-6-10-18(17)22)13-24-12-11-21(25,14-24)16-7-3-2-4-8-16/h2-10,25H,11-14H2,1H3. The first-order valence-electron chi connectivity index (χ1n) is 8.77. The lowest BCUT2D eigenvalue weighted by Crippen LogP contribution is -2.30. The molecule has 0 spiro atoms. The van der Waals surface area contributed by atoms with Crippen molar-refractivity contribution in [2.45, 2.75) is 25.5 Å². The summed E-state index contributed by atoms with van der Waals surface area (Å²) in [5, 5.41) is 11.6. The number of oxazole rings is 1. The monoisotopic (exact) mass is 368 g/mol. The zero-order valence-corrected chi connectivity index (χ0v) is 15.4. The third-order valence-electron chi connectivity index (χ3n) is 5.01. The normalized spacial score (nSPS) is 20.6. The molecule has 0 saturated carbocycles. The highest BCUT2D eigenvalue weighted by atomic mass is 35.5. The van der Waals surface area contributed by atoms with E-state index in [0.29, 0.717) is 30.4 Å². The van der Waals surface area contributed by atoms with E-state index in [4.69, 9.17) is 16.0 Å².